The molecule has 0 fully saturated rings. The maximum Gasteiger partial charge on any atom is 0.416 e. The molecule has 0 radical (unpaired) electrons. The predicted octanol–water partition coefficient (Wildman–Crippen LogP) is 2.56. The van der Waals surface area contributed by atoms with E-state index in [-0.39, 0.29) is 5.56 Å². The molecule has 0 aliphatic carbocycles. The molecular formula is C17H13F3N3O+. The molecule has 7 heteroatoms. The molecule has 4 nitrogen and oxygen atoms in total. The van der Waals surface area contributed by atoms with Crippen molar-refractivity contribution in [3.05, 3.63) is 75.7 Å². The van der Waals surface area contributed by atoms with Crippen LogP contribution in [-0.2, 0) is 19.0 Å². The molecule has 4 rings (SSSR count). The molecule has 1 aromatic heterocycles. The number of hydrogen-bond acceptors (Lipinski definition) is 1. The number of hydrogen-bond donors (Lipinski definition) is 1. The summed E-state index contributed by atoms with van der Waals surface area (Å²) in [4.78, 5) is 12.6. The van der Waals surface area contributed by atoms with Gasteiger partial charge in [-0.3, -0.25) is 0 Å². The first-order valence-corrected chi connectivity index (χ1v) is 7.47. The number of aromatic nitrogens is 3. The molecule has 3 aromatic rings. The third-order valence-electron chi connectivity index (χ3n) is 4.24. The van der Waals surface area contributed by atoms with Crippen LogP contribution in [0.4, 0.5) is 13.2 Å². The van der Waals surface area contributed by atoms with E-state index in [9.17, 15) is 18.0 Å². The maximum absolute atomic E-state index is 12.7. The Kier molecular flexibility index (Phi) is 3.13. The van der Waals surface area contributed by atoms with Gasteiger partial charge in [0.1, 0.15) is 0 Å². The highest BCUT2D eigenvalue weighted by Gasteiger charge is 2.32. The Morgan fingerprint density at radius 1 is 1.00 bits per heavy atom. The van der Waals surface area contributed by atoms with Crippen molar-refractivity contribution in [1.82, 2.24) is 9.90 Å². The van der Waals surface area contributed by atoms with E-state index in [1.54, 1.807) is 4.68 Å². The summed E-state index contributed by atoms with van der Waals surface area (Å²) in [6.45, 7) is 0. The Hall–Kier alpha value is -2.83. The Balaban J connectivity index is 1.82. The number of nitrogens with one attached hydrogen (secondary N) is 1. The third kappa shape index (κ3) is 2.24. The number of aryl methyl sites for hydroxylation is 1. The van der Waals surface area contributed by atoms with Crippen LogP contribution in [0.1, 0.15) is 16.8 Å². The Labute approximate surface area is 134 Å². The molecule has 0 atom stereocenters. The Morgan fingerprint density at radius 2 is 1.71 bits per heavy atom. The van der Waals surface area contributed by atoms with Crippen molar-refractivity contribution in [1.29, 1.82) is 0 Å². The average molecular weight is 332 g/mol. The van der Waals surface area contributed by atoms with Gasteiger partial charge in [-0.2, -0.15) is 13.2 Å². The Bertz CT molecular complexity index is 968. The van der Waals surface area contributed by atoms with E-state index in [2.05, 4.69) is 5.21 Å². The van der Waals surface area contributed by atoms with E-state index < -0.39 is 11.7 Å². The molecule has 0 amide bonds. The van der Waals surface area contributed by atoms with Gasteiger partial charge in [-0.25, -0.2) is 4.79 Å². The lowest BCUT2D eigenvalue weighted by atomic mass is 10.0. The van der Waals surface area contributed by atoms with Crippen LogP contribution in [0.5, 0.6) is 0 Å². The number of nitrogens with zero attached hydrogens (tertiary/aromatic N) is 2. The monoisotopic (exact) mass is 332 g/mol. The van der Waals surface area contributed by atoms with E-state index in [4.69, 9.17) is 0 Å². The van der Waals surface area contributed by atoms with Gasteiger partial charge in [0.25, 0.3) is 0 Å². The standard InChI is InChI=1S/C17H12F3N3O/c18-17(19,20)12-6-8-13(9-7-12)22-16(24)15-10-5-11-3-1-2-4-14(11)23(15)21-22/h1-4,6-9H,5,10H2/p+1. The number of halogens is 3. The highest BCUT2D eigenvalue weighted by Crippen LogP contribution is 2.29. The van der Waals surface area contributed by atoms with Gasteiger partial charge < -0.3 is 0 Å². The number of alkyl halides is 3. The molecule has 0 unspecified atom stereocenters. The Morgan fingerprint density at radius 3 is 2.42 bits per heavy atom. The van der Waals surface area contributed by atoms with E-state index >= 15 is 0 Å². The molecule has 0 saturated carbocycles. The second-order valence-electron chi connectivity index (χ2n) is 5.70. The van der Waals surface area contributed by atoms with Crippen LogP contribution in [0.3, 0.4) is 0 Å². The second-order valence-corrected chi connectivity index (χ2v) is 5.70. The predicted molar refractivity (Wildman–Crippen MR) is 80.3 cm³/mol. The van der Waals surface area contributed by atoms with Crippen molar-refractivity contribution in [2.24, 2.45) is 0 Å². The van der Waals surface area contributed by atoms with Gasteiger partial charge in [0.15, 0.2) is 11.4 Å². The minimum Gasteiger partial charge on any atom is -0.234 e. The summed E-state index contributed by atoms with van der Waals surface area (Å²) in [5.74, 6) is 0. The van der Waals surface area contributed by atoms with E-state index in [1.807, 2.05) is 24.3 Å². The zero-order valence-electron chi connectivity index (χ0n) is 12.5. The van der Waals surface area contributed by atoms with Gasteiger partial charge in [0.05, 0.1) is 5.56 Å². The molecule has 2 heterocycles. The molecule has 1 aliphatic rings. The molecule has 122 valence electrons. The third-order valence-corrected chi connectivity index (χ3v) is 4.24. The van der Waals surface area contributed by atoms with Crippen molar-refractivity contribution in [3.8, 4) is 11.4 Å². The summed E-state index contributed by atoms with van der Waals surface area (Å²) >= 11 is 0. The molecule has 24 heavy (non-hydrogen) atoms. The highest BCUT2D eigenvalue weighted by atomic mass is 19.4. The molecule has 1 aliphatic heterocycles. The summed E-state index contributed by atoms with van der Waals surface area (Å²) in [6, 6.07) is 12.3. The van der Waals surface area contributed by atoms with E-state index in [0.29, 0.717) is 17.8 Å². The molecule has 1 N–H and O–H groups in total. The molecule has 0 bridgehead atoms. The second kappa shape index (κ2) is 5.09. The van der Waals surface area contributed by atoms with E-state index in [0.717, 1.165) is 29.8 Å². The summed E-state index contributed by atoms with van der Waals surface area (Å²) in [5, 5.41) is 2.97. The summed E-state index contributed by atoms with van der Waals surface area (Å²) in [5.41, 5.74) is 1.98. The quantitative estimate of drug-likeness (QED) is 0.684. The lowest BCUT2D eigenvalue weighted by molar-refractivity contribution is -0.671. The van der Waals surface area contributed by atoms with Gasteiger partial charge in [-0.15, -0.1) is 4.68 Å². The first-order chi connectivity index (χ1) is 11.4. The van der Waals surface area contributed by atoms with Crippen LogP contribution in [-0.4, -0.2) is 9.90 Å². The number of aromatic amines is 1. The number of fused-ring (bicyclic) bond motifs is 3. The van der Waals surface area contributed by atoms with Crippen LogP contribution in [0.2, 0.25) is 0 Å². The van der Waals surface area contributed by atoms with Gasteiger partial charge in [-0.05, 0) is 36.8 Å². The summed E-state index contributed by atoms with van der Waals surface area (Å²) in [7, 11) is 0. The van der Waals surface area contributed by atoms with Crippen LogP contribution in [0, 0.1) is 0 Å². The number of rotatable bonds is 1. The van der Waals surface area contributed by atoms with Crippen LogP contribution < -0.4 is 10.2 Å². The van der Waals surface area contributed by atoms with Gasteiger partial charge in [0.2, 0.25) is 5.69 Å². The van der Waals surface area contributed by atoms with E-state index in [1.165, 1.54) is 16.8 Å². The molecule has 2 aromatic carbocycles. The highest BCUT2D eigenvalue weighted by molar-refractivity contribution is 5.37. The molecular weight excluding hydrogens is 319 g/mol. The normalized spacial score (nSPS) is 13.5. The summed E-state index contributed by atoms with van der Waals surface area (Å²) < 4.78 is 41.0. The maximum atomic E-state index is 12.7. The fraction of sp³-hybridized carbons (Fsp3) is 0.176. The zero-order valence-corrected chi connectivity index (χ0v) is 12.5. The van der Waals surface area contributed by atoms with Crippen LogP contribution >= 0.6 is 0 Å². The first-order valence-electron chi connectivity index (χ1n) is 7.47. The molecule has 0 saturated heterocycles. The van der Waals surface area contributed by atoms with Crippen molar-refractivity contribution >= 4 is 0 Å². The minimum absolute atomic E-state index is 0.246. The number of H-pyrrole nitrogens is 1. The molecule has 0 spiro atoms. The zero-order chi connectivity index (χ0) is 16.9. The minimum atomic E-state index is -4.40. The SMILES string of the molecule is O=c1c2[n+]([nH]n1-c1ccc(C(F)(F)F)cc1)-c1ccccc1CC2. The first kappa shape index (κ1) is 14.7. The topological polar surface area (TPSA) is 41.7 Å². The lowest BCUT2D eigenvalue weighted by Crippen LogP contribution is -2.42. The number of para-hydroxylation sites is 1. The van der Waals surface area contributed by atoms with Crippen molar-refractivity contribution in [2.75, 3.05) is 0 Å². The fourth-order valence-corrected chi connectivity index (χ4v) is 3.02. The largest absolute Gasteiger partial charge is 0.416 e. The van der Waals surface area contributed by atoms with Crippen molar-refractivity contribution < 1.29 is 17.9 Å². The fourth-order valence-electron chi connectivity index (χ4n) is 3.02. The van der Waals surface area contributed by atoms with Crippen LogP contribution in [0.25, 0.3) is 11.4 Å². The van der Waals surface area contributed by atoms with Gasteiger partial charge in [-0.1, -0.05) is 28.1 Å². The van der Waals surface area contributed by atoms with Gasteiger partial charge in [0, 0.05) is 12.0 Å². The number of benzene rings is 2. The summed E-state index contributed by atoms with van der Waals surface area (Å²) in [6.07, 6.45) is -3.05. The smallest absolute Gasteiger partial charge is 0.234 e. The lowest BCUT2D eigenvalue weighted by Gasteiger charge is -2.10. The van der Waals surface area contributed by atoms with Gasteiger partial charge >= 0.3 is 11.7 Å². The average Bonchev–Trinajstić information content (AvgIpc) is 2.92. The van der Waals surface area contributed by atoms with Crippen LogP contribution in [0.15, 0.2) is 53.3 Å². The van der Waals surface area contributed by atoms with Crippen molar-refractivity contribution in [3.63, 3.8) is 0 Å². The van der Waals surface area contributed by atoms with Crippen molar-refractivity contribution in [2.45, 2.75) is 19.0 Å².